The van der Waals surface area contributed by atoms with Crippen LogP contribution in [0.5, 0.6) is 5.75 Å². The number of hydrogen-bond donors (Lipinski definition) is 0. The van der Waals surface area contributed by atoms with Gasteiger partial charge in [-0.15, -0.1) is 0 Å². The number of rotatable bonds is 5. The van der Waals surface area contributed by atoms with Crippen LogP contribution in [0.4, 0.5) is 18.0 Å². The van der Waals surface area contributed by atoms with Crippen LogP contribution in [-0.4, -0.2) is 43.3 Å². The summed E-state index contributed by atoms with van der Waals surface area (Å²) in [6, 6.07) is 5.36. The maximum Gasteiger partial charge on any atom is 0.479 e. The summed E-state index contributed by atoms with van der Waals surface area (Å²) in [7, 11) is 1.51. The van der Waals surface area contributed by atoms with Crippen LogP contribution in [0.3, 0.4) is 0 Å². The minimum absolute atomic E-state index is 0.180. The molecule has 0 atom stereocenters. The van der Waals surface area contributed by atoms with E-state index in [0.717, 1.165) is 17.6 Å². The van der Waals surface area contributed by atoms with E-state index in [1.54, 1.807) is 23.1 Å². The average Bonchev–Trinajstić information content (AvgIpc) is 3.09. The number of carbonyl (C=O) groups is 1. The van der Waals surface area contributed by atoms with Gasteiger partial charge in [0.1, 0.15) is 18.1 Å². The molecule has 5 nitrogen and oxygen atoms in total. The molecule has 1 heterocycles. The van der Waals surface area contributed by atoms with Crippen molar-refractivity contribution in [3.05, 3.63) is 71.4 Å². The van der Waals surface area contributed by atoms with Crippen molar-refractivity contribution < 1.29 is 31.6 Å². The van der Waals surface area contributed by atoms with Gasteiger partial charge in [-0.1, -0.05) is 36.4 Å². The number of amides is 1. The van der Waals surface area contributed by atoms with Crippen LogP contribution in [0.25, 0.3) is 5.76 Å². The lowest BCUT2D eigenvalue weighted by atomic mass is 9.69. The minimum atomic E-state index is -4.52. The third-order valence-corrected chi connectivity index (χ3v) is 6.69. The molecule has 0 radical (unpaired) electrons. The molecule has 2 aliphatic carbocycles. The van der Waals surface area contributed by atoms with Crippen molar-refractivity contribution >= 4 is 23.9 Å². The second kappa shape index (κ2) is 10.2. The summed E-state index contributed by atoms with van der Waals surface area (Å²) in [4.78, 5) is 14.3. The summed E-state index contributed by atoms with van der Waals surface area (Å²) in [5, 5.41) is 0. The van der Waals surface area contributed by atoms with E-state index in [1.807, 2.05) is 36.4 Å². The van der Waals surface area contributed by atoms with Gasteiger partial charge >= 0.3 is 11.6 Å². The van der Waals surface area contributed by atoms with E-state index in [-0.39, 0.29) is 18.5 Å². The summed E-state index contributed by atoms with van der Waals surface area (Å²) >= 11 is -0.517. The monoisotopic (exact) mass is 493 g/mol. The number of benzene rings is 1. The van der Waals surface area contributed by atoms with Crippen molar-refractivity contribution in [2.45, 2.75) is 31.2 Å². The summed E-state index contributed by atoms with van der Waals surface area (Å²) < 4.78 is 54.5. The maximum absolute atomic E-state index is 12.9. The Morgan fingerprint density at radius 2 is 2.00 bits per heavy atom. The maximum atomic E-state index is 12.9. The highest BCUT2D eigenvalue weighted by molar-refractivity contribution is 7.95. The van der Waals surface area contributed by atoms with E-state index in [9.17, 15) is 18.0 Å². The van der Waals surface area contributed by atoms with Crippen molar-refractivity contribution in [1.29, 1.82) is 0 Å². The number of ether oxygens (including phenoxy) is 2. The number of hydrogen-bond acceptors (Lipinski definition) is 5. The summed E-state index contributed by atoms with van der Waals surface area (Å²) in [5.74, 6) is 0.729. The second-order valence-electron chi connectivity index (χ2n) is 8.53. The molecular weight excluding hydrogens is 467 g/mol. The standard InChI is InChI=1S/C25H26F3NO4S/c1-31-20-9-8-19-15-24(16-22(21(19)14-20)33-34-25(26,27)28)10-12-29(13-11-24)23(30)32-17-18-6-4-2-3-5-7-18/h2-4,6-9,14,16H,5,10-13,15,17H2,1H3. The Hall–Kier alpha value is -2.81. The van der Waals surface area contributed by atoms with Crippen LogP contribution in [0.1, 0.15) is 30.4 Å². The Kier molecular flexibility index (Phi) is 7.30. The van der Waals surface area contributed by atoms with Crippen molar-refractivity contribution in [3.63, 3.8) is 0 Å². The van der Waals surface area contributed by atoms with Gasteiger partial charge in [-0.25, -0.2) is 4.79 Å². The van der Waals surface area contributed by atoms with Gasteiger partial charge in [0.05, 0.1) is 7.11 Å². The molecule has 0 bridgehead atoms. The van der Waals surface area contributed by atoms with Crippen LogP contribution in [-0.2, 0) is 15.3 Å². The predicted molar refractivity (Wildman–Crippen MR) is 125 cm³/mol. The van der Waals surface area contributed by atoms with Crippen LogP contribution < -0.4 is 4.74 Å². The molecule has 0 N–H and O–H groups in total. The Morgan fingerprint density at radius 3 is 2.74 bits per heavy atom. The molecule has 34 heavy (non-hydrogen) atoms. The third kappa shape index (κ3) is 6.00. The van der Waals surface area contributed by atoms with Gasteiger partial charge < -0.3 is 18.6 Å². The Balaban J connectivity index is 1.43. The topological polar surface area (TPSA) is 48.0 Å². The van der Waals surface area contributed by atoms with E-state index in [2.05, 4.69) is 0 Å². The van der Waals surface area contributed by atoms with Crippen LogP contribution in [0, 0.1) is 5.41 Å². The van der Waals surface area contributed by atoms with E-state index >= 15 is 0 Å². The number of alkyl halides is 3. The first kappa shape index (κ1) is 24.3. The summed E-state index contributed by atoms with van der Waals surface area (Å²) in [5.41, 5.74) is -2.47. The first-order valence-corrected chi connectivity index (χ1v) is 11.8. The molecule has 1 saturated heterocycles. The first-order chi connectivity index (χ1) is 16.3. The molecule has 3 aliphatic rings. The molecule has 182 valence electrons. The molecule has 0 unspecified atom stereocenters. The average molecular weight is 494 g/mol. The second-order valence-corrected chi connectivity index (χ2v) is 9.32. The van der Waals surface area contributed by atoms with Gasteiger partial charge in [0.15, 0.2) is 12.0 Å². The molecular formula is C25H26F3NO4S. The lowest BCUT2D eigenvalue weighted by Crippen LogP contribution is -2.44. The van der Waals surface area contributed by atoms with Crippen molar-refractivity contribution in [1.82, 2.24) is 4.90 Å². The molecule has 1 aliphatic heterocycles. The zero-order chi connectivity index (χ0) is 24.2. The fourth-order valence-corrected chi connectivity index (χ4v) is 4.76. The first-order valence-electron chi connectivity index (χ1n) is 11.0. The highest BCUT2D eigenvalue weighted by Crippen LogP contribution is 2.47. The van der Waals surface area contributed by atoms with Crippen LogP contribution >= 0.6 is 12.0 Å². The van der Waals surface area contributed by atoms with Gasteiger partial charge in [0.25, 0.3) is 0 Å². The zero-order valence-corrected chi connectivity index (χ0v) is 19.6. The number of halogens is 3. The number of likely N-dealkylation sites (tertiary alicyclic amines) is 1. The molecule has 1 aromatic carbocycles. The van der Waals surface area contributed by atoms with E-state index in [0.29, 0.717) is 43.7 Å². The third-order valence-electron chi connectivity index (χ3n) is 6.24. The van der Waals surface area contributed by atoms with Gasteiger partial charge in [-0.2, -0.15) is 13.2 Å². The smallest absolute Gasteiger partial charge is 0.479 e. The summed E-state index contributed by atoms with van der Waals surface area (Å²) in [6.45, 7) is 1.12. The fraction of sp³-hybridized carbons (Fsp3) is 0.400. The number of nitrogens with zero attached hydrogens (tertiary/aromatic N) is 1. The molecule has 1 spiro atoms. The lowest BCUT2D eigenvalue weighted by Gasteiger charge is -2.42. The number of fused-ring (bicyclic) bond motifs is 1. The highest BCUT2D eigenvalue weighted by atomic mass is 32.2. The number of carbonyl (C=O) groups excluding carboxylic acids is 1. The van der Waals surface area contributed by atoms with Crippen molar-refractivity contribution in [2.24, 2.45) is 5.41 Å². The summed E-state index contributed by atoms with van der Waals surface area (Å²) in [6.07, 6.45) is 13.9. The number of allylic oxidation sites excluding steroid dienone is 5. The van der Waals surface area contributed by atoms with Gasteiger partial charge in [0.2, 0.25) is 0 Å². The van der Waals surface area contributed by atoms with Gasteiger partial charge in [0, 0.05) is 18.7 Å². The van der Waals surface area contributed by atoms with Crippen molar-refractivity contribution in [3.8, 4) is 5.75 Å². The quantitative estimate of drug-likeness (QED) is 0.442. The lowest BCUT2D eigenvalue weighted by molar-refractivity contribution is -0.0376. The van der Waals surface area contributed by atoms with E-state index < -0.39 is 23.0 Å². The Morgan fingerprint density at radius 1 is 1.21 bits per heavy atom. The van der Waals surface area contributed by atoms with Crippen LogP contribution in [0.15, 0.2) is 60.2 Å². The molecule has 1 amide bonds. The van der Waals surface area contributed by atoms with Crippen LogP contribution in [0.2, 0.25) is 0 Å². The van der Waals surface area contributed by atoms with E-state index in [4.69, 9.17) is 13.7 Å². The SMILES string of the molecule is COc1ccc2c(c1)C(OSC(F)(F)F)=CC1(CCN(C(=O)OCC3=CCC=CC=C3)CC1)C2. The molecule has 0 saturated carbocycles. The predicted octanol–water partition coefficient (Wildman–Crippen LogP) is 6.44. The number of piperidine rings is 1. The Bertz CT molecular complexity index is 1040. The minimum Gasteiger partial charge on any atom is -0.497 e. The number of methoxy groups -OCH3 is 1. The molecule has 1 aromatic rings. The van der Waals surface area contributed by atoms with E-state index in [1.165, 1.54) is 7.11 Å². The van der Waals surface area contributed by atoms with Crippen molar-refractivity contribution in [2.75, 3.05) is 26.8 Å². The largest absolute Gasteiger partial charge is 0.497 e. The van der Waals surface area contributed by atoms with Gasteiger partial charge in [-0.3, -0.25) is 0 Å². The molecule has 1 fully saturated rings. The molecule has 0 aromatic heterocycles. The Labute approximate surface area is 201 Å². The van der Waals surface area contributed by atoms with Gasteiger partial charge in [-0.05, 0) is 60.4 Å². The highest BCUT2D eigenvalue weighted by Gasteiger charge is 2.40. The molecule has 9 heteroatoms. The zero-order valence-electron chi connectivity index (χ0n) is 18.8. The molecule has 4 rings (SSSR count). The normalized spacial score (nSPS) is 19.1. The fourth-order valence-electron chi connectivity index (χ4n) is 4.44.